The van der Waals surface area contributed by atoms with Gasteiger partial charge in [-0.05, 0) is 36.8 Å². The minimum Gasteiger partial charge on any atom is -0.475 e. The van der Waals surface area contributed by atoms with Gasteiger partial charge < -0.3 is 14.6 Å². The Hall–Kier alpha value is -1.71. The number of hydrogen-bond acceptors (Lipinski definition) is 5. The van der Waals surface area contributed by atoms with Crippen LogP contribution in [0.3, 0.4) is 0 Å². The van der Waals surface area contributed by atoms with Crippen molar-refractivity contribution in [2.45, 2.75) is 37.6 Å². The normalized spacial score (nSPS) is 23.8. The largest absolute Gasteiger partial charge is 0.490 e. The second kappa shape index (κ2) is 8.75. The third-order valence-corrected chi connectivity index (χ3v) is 5.32. The Bertz CT molecular complexity index is 646. The Morgan fingerprint density at radius 1 is 1.32 bits per heavy atom. The van der Waals surface area contributed by atoms with Gasteiger partial charge in [-0.25, -0.2) is 4.79 Å². The summed E-state index contributed by atoms with van der Waals surface area (Å²) >= 11 is 0. The molecule has 3 heterocycles. The maximum atomic E-state index is 10.6. The molecule has 9 heteroatoms. The summed E-state index contributed by atoms with van der Waals surface area (Å²) in [6.45, 7) is 5.81. The van der Waals surface area contributed by atoms with E-state index in [2.05, 4.69) is 16.0 Å². The van der Waals surface area contributed by atoms with Crippen molar-refractivity contribution < 1.29 is 32.5 Å². The van der Waals surface area contributed by atoms with E-state index in [-0.39, 0.29) is 5.60 Å². The molecule has 1 aliphatic carbocycles. The standard InChI is InChI=1S/C17H24N2O2.C2HF3O2/c1-2-15(8-18-6-1)9-19-12-17(13-19)16(5-7-21-17)11-20-10-14-3-4-14;3-2(4,5)1(6)7/h1-2,6,8,14,16H,3-5,7,9-13H2;(H,6,7). The predicted molar refractivity (Wildman–Crippen MR) is 93.5 cm³/mol. The molecule has 1 aromatic rings. The number of aromatic nitrogens is 1. The highest BCUT2D eigenvalue weighted by molar-refractivity contribution is 5.73. The van der Waals surface area contributed by atoms with Gasteiger partial charge in [-0.3, -0.25) is 9.88 Å². The van der Waals surface area contributed by atoms with E-state index in [1.54, 1.807) is 0 Å². The average molecular weight is 402 g/mol. The molecule has 1 unspecified atom stereocenters. The van der Waals surface area contributed by atoms with Crippen LogP contribution in [0.25, 0.3) is 0 Å². The summed E-state index contributed by atoms with van der Waals surface area (Å²) in [6.07, 6.45) is 2.59. The first-order chi connectivity index (χ1) is 13.3. The van der Waals surface area contributed by atoms with Crippen molar-refractivity contribution >= 4 is 5.97 Å². The molecular formula is C19H25F3N2O4. The molecule has 1 saturated carbocycles. The van der Waals surface area contributed by atoms with Crippen LogP contribution in [0.15, 0.2) is 24.5 Å². The number of aliphatic carboxylic acids is 1. The van der Waals surface area contributed by atoms with Gasteiger partial charge in [0.2, 0.25) is 0 Å². The van der Waals surface area contributed by atoms with E-state index >= 15 is 0 Å². The van der Waals surface area contributed by atoms with E-state index in [4.69, 9.17) is 19.4 Å². The first kappa shape index (κ1) is 21.0. The van der Waals surface area contributed by atoms with Gasteiger partial charge in [-0.1, -0.05) is 6.07 Å². The molecule has 2 saturated heterocycles. The molecule has 1 N–H and O–H groups in total. The highest BCUT2D eigenvalue weighted by atomic mass is 19.4. The summed E-state index contributed by atoms with van der Waals surface area (Å²) in [5, 5.41) is 7.12. The van der Waals surface area contributed by atoms with Gasteiger partial charge in [0.25, 0.3) is 0 Å². The molecule has 0 bridgehead atoms. The van der Waals surface area contributed by atoms with E-state index in [9.17, 15) is 13.2 Å². The molecule has 156 valence electrons. The van der Waals surface area contributed by atoms with Crippen LogP contribution < -0.4 is 0 Å². The number of carboxylic acid groups (broad SMARTS) is 1. The lowest BCUT2D eigenvalue weighted by atomic mass is 9.81. The maximum absolute atomic E-state index is 10.6. The van der Waals surface area contributed by atoms with E-state index in [0.717, 1.165) is 51.8 Å². The number of hydrogen-bond donors (Lipinski definition) is 1. The zero-order chi connectivity index (χ0) is 20.2. The van der Waals surface area contributed by atoms with Crippen molar-refractivity contribution in [2.75, 3.05) is 32.9 Å². The number of alkyl halides is 3. The lowest BCUT2D eigenvalue weighted by molar-refractivity contribution is -0.192. The van der Waals surface area contributed by atoms with Crippen LogP contribution >= 0.6 is 0 Å². The van der Waals surface area contributed by atoms with Gasteiger partial charge in [0.1, 0.15) is 0 Å². The monoisotopic (exact) mass is 402 g/mol. The first-order valence-corrected chi connectivity index (χ1v) is 9.41. The van der Waals surface area contributed by atoms with Crippen LogP contribution in [0.4, 0.5) is 13.2 Å². The van der Waals surface area contributed by atoms with Crippen molar-refractivity contribution in [1.29, 1.82) is 0 Å². The lowest BCUT2D eigenvalue weighted by Gasteiger charge is -2.50. The molecule has 1 atom stereocenters. The predicted octanol–water partition coefficient (Wildman–Crippen LogP) is 2.73. The van der Waals surface area contributed by atoms with E-state index in [0.29, 0.717) is 5.92 Å². The molecule has 2 aliphatic heterocycles. The Morgan fingerprint density at radius 2 is 2.04 bits per heavy atom. The number of pyridine rings is 1. The summed E-state index contributed by atoms with van der Waals surface area (Å²) in [5.74, 6) is -1.32. The van der Waals surface area contributed by atoms with Crippen LogP contribution in [0.2, 0.25) is 0 Å². The fraction of sp³-hybridized carbons (Fsp3) is 0.684. The third-order valence-electron chi connectivity index (χ3n) is 5.32. The van der Waals surface area contributed by atoms with Crippen molar-refractivity contribution in [2.24, 2.45) is 11.8 Å². The maximum Gasteiger partial charge on any atom is 0.490 e. The highest BCUT2D eigenvalue weighted by Gasteiger charge is 2.52. The minimum absolute atomic E-state index is 0.0752. The first-order valence-electron chi connectivity index (χ1n) is 9.41. The quantitative estimate of drug-likeness (QED) is 0.789. The SMILES string of the molecule is O=C(O)C(F)(F)F.c1cncc(CN2CC3(C2)OCCC3COCC2CC2)c1. The van der Waals surface area contributed by atoms with Crippen molar-refractivity contribution in [1.82, 2.24) is 9.88 Å². The molecule has 1 spiro atoms. The fourth-order valence-electron chi connectivity index (χ4n) is 3.60. The van der Waals surface area contributed by atoms with Crippen molar-refractivity contribution in [3.63, 3.8) is 0 Å². The fourth-order valence-corrected chi connectivity index (χ4v) is 3.60. The van der Waals surface area contributed by atoms with Crippen LogP contribution in [-0.2, 0) is 20.8 Å². The van der Waals surface area contributed by atoms with Gasteiger partial charge in [-0.15, -0.1) is 0 Å². The Labute approximate surface area is 161 Å². The van der Waals surface area contributed by atoms with Gasteiger partial charge in [-0.2, -0.15) is 13.2 Å². The van der Waals surface area contributed by atoms with Gasteiger partial charge >= 0.3 is 12.1 Å². The number of halogens is 3. The topological polar surface area (TPSA) is 71.9 Å². The highest BCUT2D eigenvalue weighted by Crippen LogP contribution is 2.41. The second-order valence-corrected chi connectivity index (χ2v) is 7.69. The van der Waals surface area contributed by atoms with Crippen molar-refractivity contribution in [3.8, 4) is 0 Å². The number of likely N-dealkylation sites (tertiary alicyclic amines) is 1. The van der Waals surface area contributed by atoms with Crippen LogP contribution in [0.1, 0.15) is 24.8 Å². The Balaban J connectivity index is 0.000000279. The number of ether oxygens (including phenoxy) is 2. The average Bonchev–Trinajstić information content (AvgIpc) is 3.34. The van der Waals surface area contributed by atoms with Crippen LogP contribution in [-0.4, -0.2) is 65.6 Å². The molecule has 6 nitrogen and oxygen atoms in total. The Morgan fingerprint density at radius 3 is 2.61 bits per heavy atom. The zero-order valence-electron chi connectivity index (χ0n) is 15.5. The van der Waals surface area contributed by atoms with Crippen LogP contribution in [0.5, 0.6) is 0 Å². The molecule has 1 aromatic heterocycles. The molecule has 3 aliphatic rings. The zero-order valence-corrected chi connectivity index (χ0v) is 15.5. The number of carboxylic acids is 1. The summed E-state index contributed by atoms with van der Waals surface area (Å²) < 4.78 is 43.7. The summed E-state index contributed by atoms with van der Waals surface area (Å²) in [6, 6.07) is 4.15. The molecule has 0 radical (unpaired) electrons. The van der Waals surface area contributed by atoms with Gasteiger partial charge in [0, 0.05) is 51.2 Å². The van der Waals surface area contributed by atoms with Gasteiger partial charge in [0.15, 0.2) is 0 Å². The molecule has 28 heavy (non-hydrogen) atoms. The van der Waals surface area contributed by atoms with E-state index < -0.39 is 12.1 Å². The smallest absolute Gasteiger partial charge is 0.475 e. The summed E-state index contributed by atoms with van der Waals surface area (Å²) in [7, 11) is 0. The number of nitrogens with zero attached hydrogens (tertiary/aromatic N) is 2. The molecule has 3 fully saturated rings. The summed E-state index contributed by atoms with van der Waals surface area (Å²) in [5.41, 5.74) is 1.36. The minimum atomic E-state index is -5.08. The number of rotatable bonds is 6. The molecular weight excluding hydrogens is 377 g/mol. The molecule has 4 rings (SSSR count). The van der Waals surface area contributed by atoms with E-state index in [1.807, 2.05) is 18.5 Å². The summed E-state index contributed by atoms with van der Waals surface area (Å²) in [4.78, 5) is 15.5. The van der Waals surface area contributed by atoms with E-state index in [1.165, 1.54) is 18.4 Å². The second-order valence-electron chi connectivity index (χ2n) is 7.69. The van der Waals surface area contributed by atoms with Gasteiger partial charge in [0.05, 0.1) is 12.2 Å². The third kappa shape index (κ3) is 5.65. The Kier molecular flexibility index (Phi) is 6.57. The lowest BCUT2D eigenvalue weighted by Crippen LogP contribution is -2.64. The molecule has 0 amide bonds. The molecule has 0 aromatic carbocycles. The number of carbonyl (C=O) groups is 1. The van der Waals surface area contributed by atoms with Crippen molar-refractivity contribution in [3.05, 3.63) is 30.1 Å². The van der Waals surface area contributed by atoms with Crippen LogP contribution in [0, 0.1) is 11.8 Å².